The lowest BCUT2D eigenvalue weighted by Gasteiger charge is -2.31. The highest BCUT2D eigenvalue weighted by molar-refractivity contribution is 8.15. The normalized spacial score (nSPS) is 19.7. The topological polar surface area (TPSA) is 88.1 Å². The minimum atomic E-state index is -0.592. The van der Waals surface area contributed by atoms with E-state index in [0.29, 0.717) is 33.7 Å². The first-order valence-electron chi connectivity index (χ1n) is 10.4. The maximum absolute atomic E-state index is 12.9. The van der Waals surface area contributed by atoms with E-state index in [4.69, 9.17) is 16.3 Å². The van der Waals surface area contributed by atoms with Crippen molar-refractivity contribution in [3.8, 4) is 0 Å². The number of amidine groups is 1. The van der Waals surface area contributed by atoms with Gasteiger partial charge in [0.2, 0.25) is 11.8 Å². The van der Waals surface area contributed by atoms with E-state index in [1.54, 1.807) is 60.4 Å². The second-order valence-electron chi connectivity index (χ2n) is 7.46. The number of nitrogens with one attached hydrogen (secondary N) is 1. The van der Waals surface area contributed by atoms with Crippen molar-refractivity contribution in [3.05, 3.63) is 59.1 Å². The zero-order chi connectivity index (χ0) is 22.7. The van der Waals surface area contributed by atoms with Crippen molar-refractivity contribution in [1.29, 1.82) is 0 Å². The predicted molar refractivity (Wildman–Crippen MR) is 125 cm³/mol. The summed E-state index contributed by atoms with van der Waals surface area (Å²) in [5, 5.41) is 3.33. The SMILES string of the molecule is CCOC(=O)c1ccc(N=C2S[C@H](C(=O)Nc3ccc(Cl)cc3)CC(=O)N2C2CC2)cc1. The summed E-state index contributed by atoms with van der Waals surface area (Å²) in [7, 11) is 0. The molecule has 1 heterocycles. The molecule has 1 saturated heterocycles. The van der Waals surface area contributed by atoms with Crippen LogP contribution in [0.2, 0.25) is 5.02 Å². The molecule has 1 atom stereocenters. The Bertz CT molecular complexity index is 1050. The molecule has 0 unspecified atom stereocenters. The molecule has 9 heteroatoms. The number of hydrogen-bond donors (Lipinski definition) is 1. The number of amides is 2. The largest absolute Gasteiger partial charge is 0.462 e. The molecule has 2 aromatic carbocycles. The van der Waals surface area contributed by atoms with Gasteiger partial charge in [-0.2, -0.15) is 0 Å². The predicted octanol–water partition coefficient (Wildman–Crippen LogP) is 4.64. The molecular formula is C23H22ClN3O4S. The van der Waals surface area contributed by atoms with Gasteiger partial charge < -0.3 is 10.1 Å². The van der Waals surface area contributed by atoms with E-state index in [-0.39, 0.29) is 24.3 Å². The molecule has 2 aliphatic rings. The Morgan fingerprint density at radius 3 is 2.47 bits per heavy atom. The van der Waals surface area contributed by atoms with Gasteiger partial charge in [0.05, 0.1) is 17.9 Å². The van der Waals surface area contributed by atoms with Crippen molar-refractivity contribution >= 4 is 57.7 Å². The molecule has 4 rings (SSSR count). The molecule has 1 aliphatic carbocycles. The van der Waals surface area contributed by atoms with Crippen LogP contribution in [0, 0.1) is 0 Å². The van der Waals surface area contributed by atoms with Crippen LogP contribution in [-0.4, -0.2) is 45.7 Å². The van der Waals surface area contributed by atoms with Gasteiger partial charge in [-0.1, -0.05) is 23.4 Å². The molecule has 0 bridgehead atoms. The van der Waals surface area contributed by atoms with Crippen LogP contribution in [0.15, 0.2) is 53.5 Å². The summed E-state index contributed by atoms with van der Waals surface area (Å²) in [4.78, 5) is 43.9. The lowest BCUT2D eigenvalue weighted by Crippen LogP contribution is -2.46. The quantitative estimate of drug-likeness (QED) is 0.620. The van der Waals surface area contributed by atoms with Crippen LogP contribution >= 0.6 is 23.4 Å². The average molecular weight is 472 g/mol. The summed E-state index contributed by atoms with van der Waals surface area (Å²) in [5.74, 6) is -0.761. The Kier molecular flexibility index (Phi) is 6.81. The van der Waals surface area contributed by atoms with Gasteiger partial charge in [0.1, 0.15) is 5.25 Å². The van der Waals surface area contributed by atoms with E-state index in [1.165, 1.54) is 11.8 Å². The summed E-state index contributed by atoms with van der Waals surface area (Å²) >= 11 is 7.18. The first-order valence-corrected chi connectivity index (χ1v) is 11.6. The van der Waals surface area contributed by atoms with Crippen molar-refractivity contribution in [2.45, 2.75) is 37.5 Å². The zero-order valence-corrected chi connectivity index (χ0v) is 19.0. The number of esters is 1. The smallest absolute Gasteiger partial charge is 0.338 e. The number of thioether (sulfide) groups is 1. The number of halogens is 1. The van der Waals surface area contributed by atoms with Gasteiger partial charge in [-0.25, -0.2) is 9.79 Å². The molecule has 0 spiro atoms. The van der Waals surface area contributed by atoms with Crippen LogP contribution in [0.5, 0.6) is 0 Å². The minimum Gasteiger partial charge on any atom is -0.462 e. The van der Waals surface area contributed by atoms with Crippen LogP contribution in [0.4, 0.5) is 11.4 Å². The third-order valence-electron chi connectivity index (χ3n) is 5.00. The van der Waals surface area contributed by atoms with E-state index in [1.807, 2.05) is 0 Å². The van der Waals surface area contributed by atoms with Gasteiger partial charge in [-0.3, -0.25) is 14.5 Å². The fourth-order valence-electron chi connectivity index (χ4n) is 3.26. The van der Waals surface area contributed by atoms with Gasteiger partial charge in [0.25, 0.3) is 0 Å². The summed E-state index contributed by atoms with van der Waals surface area (Å²) in [5.41, 5.74) is 1.64. The van der Waals surface area contributed by atoms with Crippen LogP contribution < -0.4 is 5.32 Å². The lowest BCUT2D eigenvalue weighted by molar-refractivity contribution is -0.129. The van der Waals surface area contributed by atoms with Gasteiger partial charge in [0.15, 0.2) is 5.17 Å². The molecule has 7 nitrogen and oxygen atoms in total. The molecule has 1 saturated carbocycles. The fraction of sp³-hybridized carbons (Fsp3) is 0.304. The van der Waals surface area contributed by atoms with Gasteiger partial charge >= 0.3 is 5.97 Å². The molecule has 1 N–H and O–H groups in total. The van der Waals surface area contributed by atoms with Crippen LogP contribution in [-0.2, 0) is 14.3 Å². The van der Waals surface area contributed by atoms with Crippen molar-refractivity contribution in [1.82, 2.24) is 4.90 Å². The zero-order valence-electron chi connectivity index (χ0n) is 17.4. The van der Waals surface area contributed by atoms with E-state index >= 15 is 0 Å². The number of rotatable bonds is 6. The molecule has 0 aromatic heterocycles. The molecule has 2 aromatic rings. The van der Waals surface area contributed by atoms with Gasteiger partial charge in [-0.05, 0) is 68.3 Å². The molecule has 166 valence electrons. The Morgan fingerprint density at radius 2 is 1.84 bits per heavy atom. The van der Waals surface area contributed by atoms with Crippen molar-refractivity contribution < 1.29 is 19.1 Å². The Hall–Kier alpha value is -2.84. The highest BCUT2D eigenvalue weighted by Crippen LogP contribution is 2.37. The fourth-order valence-corrected chi connectivity index (χ4v) is 4.56. The third-order valence-corrected chi connectivity index (χ3v) is 6.42. The average Bonchev–Trinajstić information content (AvgIpc) is 3.61. The van der Waals surface area contributed by atoms with Gasteiger partial charge in [0, 0.05) is 23.2 Å². The molecule has 1 aliphatic heterocycles. The van der Waals surface area contributed by atoms with Gasteiger partial charge in [-0.15, -0.1) is 0 Å². The number of nitrogens with zero attached hydrogens (tertiary/aromatic N) is 2. The summed E-state index contributed by atoms with van der Waals surface area (Å²) in [6.45, 7) is 2.05. The first-order chi connectivity index (χ1) is 15.4. The maximum atomic E-state index is 12.9. The van der Waals surface area contributed by atoms with E-state index in [2.05, 4.69) is 10.3 Å². The monoisotopic (exact) mass is 471 g/mol. The van der Waals surface area contributed by atoms with E-state index in [9.17, 15) is 14.4 Å². The molecule has 32 heavy (non-hydrogen) atoms. The summed E-state index contributed by atoms with van der Waals surface area (Å²) in [6, 6.07) is 13.6. The number of carbonyl (C=O) groups excluding carboxylic acids is 3. The van der Waals surface area contributed by atoms with Crippen molar-refractivity contribution in [3.63, 3.8) is 0 Å². The highest BCUT2D eigenvalue weighted by atomic mass is 35.5. The highest BCUT2D eigenvalue weighted by Gasteiger charge is 2.43. The van der Waals surface area contributed by atoms with Crippen molar-refractivity contribution in [2.75, 3.05) is 11.9 Å². The third kappa shape index (κ3) is 5.31. The standard InChI is InChI=1S/C23H22ClN3O4S/c1-2-31-22(30)14-3-7-17(8-4-14)26-23-27(18-11-12-18)20(28)13-19(32-23)21(29)25-16-9-5-15(24)6-10-16/h3-10,18-19H,2,11-13H2,1H3,(H,25,29)/t19-/m0/s1. The number of hydrogen-bond acceptors (Lipinski definition) is 6. The molecule has 2 fully saturated rings. The number of ether oxygens (including phenoxy) is 1. The number of carbonyl (C=O) groups is 3. The van der Waals surface area contributed by atoms with E-state index < -0.39 is 11.2 Å². The van der Waals surface area contributed by atoms with Crippen LogP contribution in [0.1, 0.15) is 36.5 Å². The summed E-state index contributed by atoms with van der Waals surface area (Å²) in [6.07, 6.45) is 1.96. The lowest BCUT2D eigenvalue weighted by atomic mass is 10.2. The second-order valence-corrected chi connectivity index (χ2v) is 9.07. The number of anilines is 1. The maximum Gasteiger partial charge on any atom is 0.338 e. The molecule has 2 amide bonds. The molecule has 0 radical (unpaired) electrons. The second kappa shape index (κ2) is 9.75. The first kappa shape index (κ1) is 22.4. The number of benzene rings is 2. The van der Waals surface area contributed by atoms with Crippen LogP contribution in [0.3, 0.4) is 0 Å². The summed E-state index contributed by atoms with van der Waals surface area (Å²) < 4.78 is 5.00. The van der Waals surface area contributed by atoms with Crippen LogP contribution in [0.25, 0.3) is 0 Å². The number of aliphatic imine (C=N–C) groups is 1. The minimum absolute atomic E-state index is 0.107. The Morgan fingerprint density at radius 1 is 1.16 bits per heavy atom. The Balaban J connectivity index is 1.53. The Labute approximate surface area is 195 Å². The van der Waals surface area contributed by atoms with E-state index in [0.717, 1.165) is 12.8 Å². The molecular weight excluding hydrogens is 450 g/mol. The van der Waals surface area contributed by atoms with Crippen molar-refractivity contribution in [2.24, 2.45) is 4.99 Å².